The molecule has 0 unspecified atom stereocenters. The zero-order chi connectivity index (χ0) is 13.7. The maximum atomic E-state index is 11.8. The van der Waals surface area contributed by atoms with Crippen LogP contribution < -0.4 is 5.32 Å². The molecule has 0 spiro atoms. The van der Waals surface area contributed by atoms with Gasteiger partial charge in [0.1, 0.15) is 6.61 Å². The standard InChI is InChI=1S/C13H13N3O2S/c1-16-9-10(7-15-16)13(18)14-8-12-5-4-11(19-12)3-2-6-17/h4-5,7,9,17H,6,8H2,1H3,(H,14,18). The van der Waals surface area contributed by atoms with Crippen LogP contribution >= 0.6 is 11.3 Å². The smallest absolute Gasteiger partial charge is 0.254 e. The SMILES string of the molecule is Cn1cc(C(=O)NCc2ccc(C#CCO)s2)cn1. The van der Waals surface area contributed by atoms with Gasteiger partial charge in [-0.3, -0.25) is 9.48 Å². The Morgan fingerprint density at radius 1 is 1.58 bits per heavy atom. The van der Waals surface area contributed by atoms with Gasteiger partial charge >= 0.3 is 0 Å². The molecular formula is C13H13N3O2S. The van der Waals surface area contributed by atoms with Gasteiger partial charge in [0.05, 0.1) is 23.2 Å². The van der Waals surface area contributed by atoms with E-state index in [1.807, 2.05) is 12.1 Å². The van der Waals surface area contributed by atoms with Gasteiger partial charge in [-0.25, -0.2) is 0 Å². The van der Waals surface area contributed by atoms with E-state index >= 15 is 0 Å². The van der Waals surface area contributed by atoms with Gasteiger partial charge in [-0.05, 0) is 12.1 Å². The summed E-state index contributed by atoms with van der Waals surface area (Å²) in [6.07, 6.45) is 3.20. The molecule has 0 aliphatic rings. The number of thiophene rings is 1. The highest BCUT2D eigenvalue weighted by molar-refractivity contribution is 7.12. The molecule has 5 nitrogen and oxygen atoms in total. The molecule has 2 rings (SSSR count). The number of nitrogens with one attached hydrogen (secondary N) is 1. The Labute approximate surface area is 114 Å². The number of aliphatic hydroxyl groups is 1. The van der Waals surface area contributed by atoms with E-state index in [0.29, 0.717) is 12.1 Å². The largest absolute Gasteiger partial charge is 0.384 e. The lowest BCUT2D eigenvalue weighted by Gasteiger charge is -2.00. The maximum absolute atomic E-state index is 11.8. The van der Waals surface area contributed by atoms with Crippen LogP contribution in [0.15, 0.2) is 24.5 Å². The van der Waals surface area contributed by atoms with Gasteiger partial charge in [0.25, 0.3) is 5.91 Å². The number of amides is 1. The molecular weight excluding hydrogens is 262 g/mol. The van der Waals surface area contributed by atoms with Gasteiger partial charge in [-0.15, -0.1) is 11.3 Å². The maximum Gasteiger partial charge on any atom is 0.254 e. The van der Waals surface area contributed by atoms with E-state index in [0.717, 1.165) is 9.75 Å². The first-order chi connectivity index (χ1) is 9.19. The number of aliphatic hydroxyl groups excluding tert-OH is 1. The van der Waals surface area contributed by atoms with Gasteiger partial charge in [0, 0.05) is 18.1 Å². The quantitative estimate of drug-likeness (QED) is 0.813. The minimum Gasteiger partial charge on any atom is -0.384 e. The van der Waals surface area contributed by atoms with Crippen LogP contribution in [0, 0.1) is 11.8 Å². The van der Waals surface area contributed by atoms with Gasteiger partial charge in [0.15, 0.2) is 0 Å². The van der Waals surface area contributed by atoms with Crippen molar-refractivity contribution in [1.82, 2.24) is 15.1 Å². The number of hydrogen-bond acceptors (Lipinski definition) is 4. The Morgan fingerprint density at radius 3 is 3.11 bits per heavy atom. The van der Waals surface area contributed by atoms with Gasteiger partial charge < -0.3 is 10.4 Å². The van der Waals surface area contributed by atoms with Crippen molar-refractivity contribution in [2.75, 3.05) is 6.61 Å². The zero-order valence-corrected chi connectivity index (χ0v) is 11.2. The molecule has 0 saturated heterocycles. The molecule has 0 atom stereocenters. The van der Waals surface area contributed by atoms with E-state index in [9.17, 15) is 4.79 Å². The molecule has 0 aliphatic carbocycles. The van der Waals surface area contributed by atoms with Crippen molar-refractivity contribution < 1.29 is 9.90 Å². The van der Waals surface area contributed by atoms with E-state index in [-0.39, 0.29) is 12.5 Å². The number of carbonyl (C=O) groups excluding carboxylic acids is 1. The fraction of sp³-hybridized carbons (Fsp3) is 0.231. The zero-order valence-electron chi connectivity index (χ0n) is 10.4. The summed E-state index contributed by atoms with van der Waals surface area (Å²) in [5.41, 5.74) is 0.541. The summed E-state index contributed by atoms with van der Waals surface area (Å²) in [6, 6.07) is 3.79. The van der Waals surface area contributed by atoms with Crippen LogP contribution in [0.5, 0.6) is 0 Å². The van der Waals surface area contributed by atoms with E-state index in [1.165, 1.54) is 17.5 Å². The predicted molar refractivity (Wildman–Crippen MR) is 72.7 cm³/mol. The van der Waals surface area contributed by atoms with Crippen LogP contribution in [0.1, 0.15) is 20.1 Å². The van der Waals surface area contributed by atoms with Crippen molar-refractivity contribution in [3.63, 3.8) is 0 Å². The van der Waals surface area contributed by atoms with E-state index in [4.69, 9.17) is 5.11 Å². The Hall–Kier alpha value is -2.10. The van der Waals surface area contributed by atoms with Crippen molar-refractivity contribution in [3.8, 4) is 11.8 Å². The minimum absolute atomic E-state index is 0.148. The third-order valence-corrected chi connectivity index (χ3v) is 3.34. The van der Waals surface area contributed by atoms with Crippen LogP contribution in [0.3, 0.4) is 0 Å². The van der Waals surface area contributed by atoms with E-state index in [2.05, 4.69) is 22.3 Å². The Morgan fingerprint density at radius 2 is 2.42 bits per heavy atom. The summed E-state index contributed by atoms with van der Waals surface area (Å²) in [5.74, 6) is 5.27. The fourth-order valence-corrected chi connectivity index (χ4v) is 2.30. The molecule has 1 amide bonds. The van der Waals surface area contributed by atoms with Crippen molar-refractivity contribution in [1.29, 1.82) is 0 Å². The summed E-state index contributed by atoms with van der Waals surface area (Å²) >= 11 is 1.49. The predicted octanol–water partition coefficient (Wildman–Crippen LogP) is 0.755. The van der Waals surface area contributed by atoms with Gasteiger partial charge in [0.2, 0.25) is 0 Å². The molecule has 6 heteroatoms. The topological polar surface area (TPSA) is 67.2 Å². The van der Waals surface area contributed by atoms with Crippen molar-refractivity contribution in [2.24, 2.45) is 7.05 Å². The molecule has 2 heterocycles. The summed E-state index contributed by atoms with van der Waals surface area (Å²) in [5, 5.41) is 15.4. The highest BCUT2D eigenvalue weighted by Gasteiger charge is 2.07. The monoisotopic (exact) mass is 275 g/mol. The molecule has 2 N–H and O–H groups in total. The van der Waals surface area contributed by atoms with Crippen molar-refractivity contribution >= 4 is 17.2 Å². The van der Waals surface area contributed by atoms with E-state index in [1.54, 1.807) is 17.9 Å². The lowest BCUT2D eigenvalue weighted by atomic mass is 10.3. The number of aryl methyl sites for hydroxylation is 1. The molecule has 0 aliphatic heterocycles. The van der Waals surface area contributed by atoms with Crippen molar-refractivity contribution in [2.45, 2.75) is 6.54 Å². The van der Waals surface area contributed by atoms with Gasteiger partial charge in [-0.1, -0.05) is 11.8 Å². The summed E-state index contributed by atoms with van der Waals surface area (Å²) in [4.78, 5) is 13.7. The lowest BCUT2D eigenvalue weighted by molar-refractivity contribution is 0.0951. The number of carbonyl (C=O) groups is 1. The first-order valence-corrected chi connectivity index (χ1v) is 6.46. The Balaban J connectivity index is 1.92. The van der Waals surface area contributed by atoms with Crippen LogP contribution in [-0.2, 0) is 13.6 Å². The Kier molecular flexibility index (Phi) is 4.34. The van der Waals surface area contributed by atoms with Crippen molar-refractivity contribution in [3.05, 3.63) is 39.8 Å². The molecule has 19 heavy (non-hydrogen) atoms. The fourth-order valence-electron chi connectivity index (χ4n) is 1.47. The minimum atomic E-state index is -0.149. The number of rotatable bonds is 3. The Bertz CT molecular complexity index is 634. The highest BCUT2D eigenvalue weighted by Crippen LogP contribution is 2.15. The average Bonchev–Trinajstić information content (AvgIpc) is 3.02. The van der Waals surface area contributed by atoms with Crippen LogP contribution in [0.4, 0.5) is 0 Å². The molecule has 98 valence electrons. The molecule has 0 radical (unpaired) electrons. The average molecular weight is 275 g/mol. The molecule has 0 fully saturated rings. The summed E-state index contributed by atoms with van der Waals surface area (Å²) in [6.45, 7) is 0.310. The lowest BCUT2D eigenvalue weighted by Crippen LogP contribution is -2.21. The summed E-state index contributed by atoms with van der Waals surface area (Å²) in [7, 11) is 1.77. The molecule has 0 aromatic carbocycles. The third kappa shape index (κ3) is 3.68. The van der Waals surface area contributed by atoms with E-state index < -0.39 is 0 Å². The highest BCUT2D eigenvalue weighted by atomic mass is 32.1. The number of nitrogens with zero attached hydrogens (tertiary/aromatic N) is 2. The van der Waals surface area contributed by atoms with Crippen LogP contribution in [0.25, 0.3) is 0 Å². The molecule has 2 aromatic rings. The first kappa shape index (κ1) is 13.3. The second-order valence-corrected chi connectivity index (χ2v) is 4.98. The molecule has 0 saturated carbocycles. The van der Waals surface area contributed by atoms with Crippen LogP contribution in [0.2, 0.25) is 0 Å². The molecule has 0 bridgehead atoms. The number of hydrogen-bond donors (Lipinski definition) is 2. The third-order valence-electron chi connectivity index (χ3n) is 2.34. The molecule has 2 aromatic heterocycles. The normalized spacial score (nSPS) is 9.79. The second kappa shape index (κ2) is 6.18. The summed E-state index contributed by atoms with van der Waals surface area (Å²) < 4.78 is 1.59. The number of aromatic nitrogens is 2. The second-order valence-electron chi connectivity index (χ2n) is 3.81. The first-order valence-electron chi connectivity index (χ1n) is 5.64. The van der Waals surface area contributed by atoms with Gasteiger partial charge in [-0.2, -0.15) is 5.10 Å². The van der Waals surface area contributed by atoms with Crippen LogP contribution in [-0.4, -0.2) is 27.4 Å².